The van der Waals surface area contributed by atoms with Gasteiger partial charge in [0.1, 0.15) is 11.5 Å². The zero-order valence-electron chi connectivity index (χ0n) is 13.5. The summed E-state index contributed by atoms with van der Waals surface area (Å²) >= 11 is 0. The predicted molar refractivity (Wildman–Crippen MR) is 90.9 cm³/mol. The highest BCUT2D eigenvalue weighted by molar-refractivity contribution is 5.76. The standard InChI is InChI=1S/C19H23NO3/c1-22-18-10-5-7-16(15-18)11-12-19(21)20-13-6-14-23-17-8-3-2-4-9-17/h2-5,7-10,15H,6,11-14H2,1H3,(H,20,21). The lowest BCUT2D eigenvalue weighted by atomic mass is 10.1. The van der Waals surface area contributed by atoms with E-state index in [9.17, 15) is 4.79 Å². The Kier molecular flexibility index (Phi) is 6.98. The van der Waals surface area contributed by atoms with E-state index >= 15 is 0 Å². The Labute approximate surface area is 137 Å². The molecule has 0 spiro atoms. The molecule has 4 heteroatoms. The molecule has 4 nitrogen and oxygen atoms in total. The molecule has 2 rings (SSSR count). The number of carbonyl (C=O) groups is 1. The van der Waals surface area contributed by atoms with Crippen molar-refractivity contribution in [2.45, 2.75) is 19.3 Å². The van der Waals surface area contributed by atoms with Crippen molar-refractivity contribution in [3.8, 4) is 11.5 Å². The number of para-hydroxylation sites is 1. The summed E-state index contributed by atoms with van der Waals surface area (Å²) in [6.45, 7) is 1.23. The normalized spacial score (nSPS) is 10.1. The van der Waals surface area contributed by atoms with Crippen LogP contribution in [0.25, 0.3) is 0 Å². The van der Waals surface area contributed by atoms with Gasteiger partial charge in [0.15, 0.2) is 0 Å². The van der Waals surface area contributed by atoms with Crippen molar-refractivity contribution in [2.75, 3.05) is 20.3 Å². The van der Waals surface area contributed by atoms with Gasteiger partial charge in [-0.05, 0) is 42.7 Å². The van der Waals surface area contributed by atoms with Crippen molar-refractivity contribution in [3.63, 3.8) is 0 Å². The first kappa shape index (κ1) is 16.9. The second-order valence-corrected chi connectivity index (χ2v) is 5.22. The molecule has 0 aliphatic carbocycles. The summed E-state index contributed by atoms with van der Waals surface area (Å²) in [7, 11) is 1.64. The number of aryl methyl sites for hydroxylation is 1. The molecule has 0 fully saturated rings. The van der Waals surface area contributed by atoms with E-state index in [0.29, 0.717) is 26.0 Å². The van der Waals surface area contributed by atoms with Crippen LogP contribution in [0.5, 0.6) is 11.5 Å². The summed E-state index contributed by atoms with van der Waals surface area (Å²) in [6.07, 6.45) is 1.98. The SMILES string of the molecule is COc1cccc(CCC(=O)NCCCOc2ccccc2)c1. The molecule has 0 unspecified atom stereocenters. The monoisotopic (exact) mass is 313 g/mol. The van der Waals surface area contributed by atoms with Crippen LogP contribution in [-0.2, 0) is 11.2 Å². The number of hydrogen-bond donors (Lipinski definition) is 1. The number of amides is 1. The molecule has 23 heavy (non-hydrogen) atoms. The molecule has 0 saturated heterocycles. The van der Waals surface area contributed by atoms with E-state index in [1.54, 1.807) is 7.11 Å². The van der Waals surface area contributed by atoms with Gasteiger partial charge in [0.25, 0.3) is 0 Å². The van der Waals surface area contributed by atoms with Gasteiger partial charge in [-0.3, -0.25) is 4.79 Å². The maximum atomic E-state index is 11.8. The lowest BCUT2D eigenvalue weighted by Gasteiger charge is -2.08. The van der Waals surface area contributed by atoms with Crippen LogP contribution in [0.2, 0.25) is 0 Å². The van der Waals surface area contributed by atoms with Gasteiger partial charge in [-0.15, -0.1) is 0 Å². The van der Waals surface area contributed by atoms with E-state index < -0.39 is 0 Å². The summed E-state index contributed by atoms with van der Waals surface area (Å²) in [5.41, 5.74) is 1.10. The molecule has 0 aliphatic heterocycles. The summed E-state index contributed by atoms with van der Waals surface area (Å²) in [6, 6.07) is 17.5. The Balaban J connectivity index is 1.58. The molecule has 2 aromatic rings. The average Bonchev–Trinajstić information content (AvgIpc) is 2.61. The van der Waals surface area contributed by atoms with E-state index in [0.717, 1.165) is 23.5 Å². The molecule has 0 saturated carbocycles. The van der Waals surface area contributed by atoms with Crippen molar-refractivity contribution in [1.29, 1.82) is 0 Å². The number of hydrogen-bond acceptors (Lipinski definition) is 3. The minimum Gasteiger partial charge on any atom is -0.497 e. The van der Waals surface area contributed by atoms with E-state index in [1.165, 1.54) is 0 Å². The fourth-order valence-corrected chi connectivity index (χ4v) is 2.18. The van der Waals surface area contributed by atoms with Gasteiger partial charge >= 0.3 is 0 Å². The minimum absolute atomic E-state index is 0.0625. The van der Waals surface area contributed by atoms with Gasteiger partial charge in [0.05, 0.1) is 13.7 Å². The van der Waals surface area contributed by atoms with Crippen LogP contribution in [0, 0.1) is 0 Å². The molecule has 2 aromatic carbocycles. The first-order valence-electron chi connectivity index (χ1n) is 7.85. The first-order valence-corrected chi connectivity index (χ1v) is 7.85. The number of benzene rings is 2. The Morgan fingerprint density at radius 1 is 1.04 bits per heavy atom. The Bertz CT molecular complexity index is 599. The van der Waals surface area contributed by atoms with Crippen molar-refractivity contribution in [1.82, 2.24) is 5.32 Å². The molecule has 0 atom stereocenters. The maximum absolute atomic E-state index is 11.8. The highest BCUT2D eigenvalue weighted by Gasteiger charge is 2.03. The zero-order valence-corrected chi connectivity index (χ0v) is 13.5. The summed E-state index contributed by atoms with van der Waals surface area (Å²) in [5.74, 6) is 1.74. The third kappa shape index (κ3) is 6.43. The quantitative estimate of drug-likeness (QED) is 0.723. The van der Waals surface area contributed by atoms with E-state index in [1.807, 2.05) is 54.6 Å². The van der Waals surface area contributed by atoms with Gasteiger partial charge in [0, 0.05) is 13.0 Å². The van der Waals surface area contributed by atoms with Crippen LogP contribution in [0.4, 0.5) is 0 Å². The zero-order chi connectivity index (χ0) is 16.3. The lowest BCUT2D eigenvalue weighted by molar-refractivity contribution is -0.121. The highest BCUT2D eigenvalue weighted by Crippen LogP contribution is 2.13. The van der Waals surface area contributed by atoms with Crippen molar-refractivity contribution in [3.05, 3.63) is 60.2 Å². The van der Waals surface area contributed by atoms with Gasteiger partial charge < -0.3 is 14.8 Å². The fraction of sp³-hybridized carbons (Fsp3) is 0.316. The van der Waals surface area contributed by atoms with Crippen LogP contribution >= 0.6 is 0 Å². The van der Waals surface area contributed by atoms with Gasteiger partial charge in [-0.1, -0.05) is 30.3 Å². The number of rotatable bonds is 9. The smallest absolute Gasteiger partial charge is 0.220 e. The van der Waals surface area contributed by atoms with Gasteiger partial charge in [-0.2, -0.15) is 0 Å². The Morgan fingerprint density at radius 3 is 2.61 bits per heavy atom. The second kappa shape index (κ2) is 9.51. The van der Waals surface area contributed by atoms with E-state index in [-0.39, 0.29) is 5.91 Å². The molecule has 0 heterocycles. The molecule has 0 bridgehead atoms. The largest absolute Gasteiger partial charge is 0.497 e. The topological polar surface area (TPSA) is 47.6 Å². The average molecular weight is 313 g/mol. The van der Waals surface area contributed by atoms with Crippen LogP contribution in [0.3, 0.4) is 0 Å². The number of methoxy groups -OCH3 is 1. The second-order valence-electron chi connectivity index (χ2n) is 5.22. The number of ether oxygens (including phenoxy) is 2. The minimum atomic E-state index is 0.0625. The molecule has 1 amide bonds. The number of carbonyl (C=O) groups excluding carboxylic acids is 1. The van der Waals surface area contributed by atoms with Crippen LogP contribution in [-0.4, -0.2) is 26.2 Å². The first-order chi connectivity index (χ1) is 11.3. The third-order valence-corrected chi connectivity index (χ3v) is 3.43. The van der Waals surface area contributed by atoms with Gasteiger partial charge in [0.2, 0.25) is 5.91 Å². The van der Waals surface area contributed by atoms with E-state index in [4.69, 9.17) is 9.47 Å². The highest BCUT2D eigenvalue weighted by atomic mass is 16.5. The summed E-state index contributed by atoms with van der Waals surface area (Å²) in [5, 5.41) is 2.92. The summed E-state index contributed by atoms with van der Waals surface area (Å²) < 4.78 is 10.8. The van der Waals surface area contributed by atoms with Crippen molar-refractivity contribution < 1.29 is 14.3 Å². The van der Waals surface area contributed by atoms with Crippen LogP contribution in [0.15, 0.2) is 54.6 Å². The molecule has 122 valence electrons. The maximum Gasteiger partial charge on any atom is 0.220 e. The molecular formula is C19H23NO3. The van der Waals surface area contributed by atoms with Crippen molar-refractivity contribution >= 4 is 5.91 Å². The molecule has 0 aliphatic rings. The molecule has 0 radical (unpaired) electrons. The van der Waals surface area contributed by atoms with Crippen LogP contribution in [0.1, 0.15) is 18.4 Å². The van der Waals surface area contributed by atoms with Gasteiger partial charge in [-0.25, -0.2) is 0 Å². The fourth-order valence-electron chi connectivity index (χ4n) is 2.18. The van der Waals surface area contributed by atoms with Crippen LogP contribution < -0.4 is 14.8 Å². The molecular weight excluding hydrogens is 290 g/mol. The predicted octanol–water partition coefficient (Wildman–Crippen LogP) is 3.21. The Morgan fingerprint density at radius 2 is 1.83 bits per heavy atom. The molecule has 1 N–H and O–H groups in total. The Hall–Kier alpha value is -2.49. The summed E-state index contributed by atoms with van der Waals surface area (Å²) in [4.78, 5) is 11.8. The van der Waals surface area contributed by atoms with E-state index in [2.05, 4.69) is 5.32 Å². The third-order valence-electron chi connectivity index (χ3n) is 3.43. The number of nitrogens with one attached hydrogen (secondary N) is 1. The lowest BCUT2D eigenvalue weighted by Crippen LogP contribution is -2.25. The van der Waals surface area contributed by atoms with Crippen molar-refractivity contribution in [2.24, 2.45) is 0 Å². The molecule has 0 aromatic heterocycles.